The van der Waals surface area contributed by atoms with Crippen LogP contribution < -0.4 is 4.74 Å². The SMILES string of the molecule is COC(=O)c1ccc(-c2ccc(OC)c(O)c2)c(F)c1. The fourth-order valence-electron chi connectivity index (χ4n) is 1.85. The molecule has 0 saturated carbocycles. The highest BCUT2D eigenvalue weighted by molar-refractivity contribution is 5.90. The Kier molecular flexibility index (Phi) is 3.89. The van der Waals surface area contributed by atoms with E-state index in [-0.39, 0.29) is 16.9 Å². The van der Waals surface area contributed by atoms with Crippen molar-refractivity contribution in [2.45, 2.75) is 0 Å². The first-order valence-electron chi connectivity index (χ1n) is 5.82. The van der Waals surface area contributed by atoms with Gasteiger partial charge in [0.05, 0.1) is 19.8 Å². The molecule has 2 aromatic rings. The molecule has 0 amide bonds. The molecule has 0 bridgehead atoms. The molecule has 0 aliphatic heterocycles. The molecule has 0 radical (unpaired) electrons. The number of esters is 1. The molecular formula is C15H13FO4. The van der Waals surface area contributed by atoms with E-state index >= 15 is 0 Å². The molecular weight excluding hydrogens is 263 g/mol. The van der Waals surface area contributed by atoms with Crippen LogP contribution in [-0.2, 0) is 4.74 Å². The quantitative estimate of drug-likeness (QED) is 0.876. The second-order valence-corrected chi connectivity index (χ2v) is 4.07. The predicted octanol–water partition coefficient (Wildman–Crippen LogP) is 2.99. The average Bonchev–Trinajstić information content (AvgIpc) is 2.46. The van der Waals surface area contributed by atoms with E-state index in [1.807, 2.05) is 0 Å². The minimum atomic E-state index is -0.604. The summed E-state index contributed by atoms with van der Waals surface area (Å²) >= 11 is 0. The van der Waals surface area contributed by atoms with Crippen LogP contribution in [0.1, 0.15) is 10.4 Å². The Morgan fingerprint density at radius 1 is 1.15 bits per heavy atom. The Morgan fingerprint density at radius 3 is 2.45 bits per heavy atom. The van der Waals surface area contributed by atoms with Crippen LogP contribution in [0.5, 0.6) is 11.5 Å². The second-order valence-electron chi connectivity index (χ2n) is 4.07. The fourth-order valence-corrected chi connectivity index (χ4v) is 1.85. The summed E-state index contributed by atoms with van der Waals surface area (Å²) < 4.78 is 23.5. The molecule has 104 valence electrons. The normalized spacial score (nSPS) is 10.2. The summed E-state index contributed by atoms with van der Waals surface area (Å²) in [5.74, 6) is -0.952. The van der Waals surface area contributed by atoms with Gasteiger partial charge in [-0.25, -0.2) is 9.18 Å². The molecule has 0 saturated heterocycles. The highest BCUT2D eigenvalue weighted by Crippen LogP contribution is 2.32. The molecule has 5 heteroatoms. The van der Waals surface area contributed by atoms with Gasteiger partial charge in [0.15, 0.2) is 11.5 Å². The summed E-state index contributed by atoms with van der Waals surface area (Å²) in [7, 11) is 2.66. The number of ether oxygens (including phenoxy) is 2. The third-order valence-electron chi connectivity index (χ3n) is 2.88. The Balaban J connectivity index is 2.43. The largest absolute Gasteiger partial charge is 0.504 e. The van der Waals surface area contributed by atoms with Crippen molar-refractivity contribution in [2.75, 3.05) is 14.2 Å². The van der Waals surface area contributed by atoms with Crippen molar-refractivity contribution in [3.05, 3.63) is 47.8 Å². The van der Waals surface area contributed by atoms with Crippen LogP contribution >= 0.6 is 0 Å². The Morgan fingerprint density at radius 2 is 1.90 bits per heavy atom. The third-order valence-corrected chi connectivity index (χ3v) is 2.88. The van der Waals surface area contributed by atoms with Crippen molar-refractivity contribution in [1.29, 1.82) is 0 Å². The molecule has 20 heavy (non-hydrogen) atoms. The fraction of sp³-hybridized carbons (Fsp3) is 0.133. The monoisotopic (exact) mass is 276 g/mol. The summed E-state index contributed by atoms with van der Waals surface area (Å²) in [6.07, 6.45) is 0. The van der Waals surface area contributed by atoms with Crippen molar-refractivity contribution in [3.8, 4) is 22.6 Å². The van der Waals surface area contributed by atoms with Gasteiger partial charge in [-0.1, -0.05) is 12.1 Å². The van der Waals surface area contributed by atoms with Crippen LogP contribution in [-0.4, -0.2) is 25.3 Å². The van der Waals surface area contributed by atoms with E-state index in [1.54, 1.807) is 12.1 Å². The van der Waals surface area contributed by atoms with E-state index in [9.17, 15) is 14.3 Å². The number of halogens is 1. The number of phenols is 1. The van der Waals surface area contributed by atoms with Crippen LogP contribution in [0.15, 0.2) is 36.4 Å². The van der Waals surface area contributed by atoms with Gasteiger partial charge in [-0.3, -0.25) is 0 Å². The highest BCUT2D eigenvalue weighted by Gasteiger charge is 2.12. The van der Waals surface area contributed by atoms with Crippen molar-refractivity contribution in [3.63, 3.8) is 0 Å². The van der Waals surface area contributed by atoms with Crippen molar-refractivity contribution >= 4 is 5.97 Å². The van der Waals surface area contributed by atoms with E-state index in [0.29, 0.717) is 11.3 Å². The number of hydrogen-bond donors (Lipinski definition) is 1. The molecule has 0 unspecified atom stereocenters. The van der Waals surface area contributed by atoms with Crippen molar-refractivity contribution in [1.82, 2.24) is 0 Å². The van der Waals surface area contributed by atoms with Gasteiger partial charge in [0.25, 0.3) is 0 Å². The molecule has 4 nitrogen and oxygen atoms in total. The minimum Gasteiger partial charge on any atom is -0.504 e. The van der Waals surface area contributed by atoms with Crippen molar-refractivity contribution in [2.24, 2.45) is 0 Å². The Bertz CT molecular complexity index is 652. The lowest BCUT2D eigenvalue weighted by molar-refractivity contribution is 0.0600. The average molecular weight is 276 g/mol. The Hall–Kier alpha value is -2.56. The summed E-state index contributed by atoms with van der Waals surface area (Å²) in [4.78, 5) is 11.3. The predicted molar refractivity (Wildman–Crippen MR) is 71.4 cm³/mol. The van der Waals surface area contributed by atoms with Gasteiger partial charge in [-0.05, 0) is 29.8 Å². The van der Waals surface area contributed by atoms with Crippen LogP contribution in [0.3, 0.4) is 0 Å². The molecule has 1 N–H and O–H groups in total. The van der Waals surface area contributed by atoms with Gasteiger partial charge >= 0.3 is 5.97 Å². The van der Waals surface area contributed by atoms with Crippen LogP contribution in [0.2, 0.25) is 0 Å². The molecule has 0 heterocycles. The zero-order valence-electron chi connectivity index (χ0n) is 11.0. The summed E-state index contributed by atoms with van der Waals surface area (Å²) in [5, 5.41) is 9.70. The van der Waals surface area contributed by atoms with E-state index < -0.39 is 11.8 Å². The van der Waals surface area contributed by atoms with E-state index in [1.165, 1.54) is 32.4 Å². The molecule has 0 aliphatic rings. The maximum atomic E-state index is 14.0. The zero-order chi connectivity index (χ0) is 14.7. The van der Waals surface area contributed by atoms with Crippen LogP contribution in [0, 0.1) is 5.82 Å². The number of rotatable bonds is 3. The lowest BCUT2D eigenvalue weighted by atomic mass is 10.0. The number of carbonyl (C=O) groups excluding carboxylic acids is 1. The smallest absolute Gasteiger partial charge is 0.337 e. The summed E-state index contributed by atoms with van der Waals surface area (Å²) in [6.45, 7) is 0. The van der Waals surface area contributed by atoms with Gasteiger partial charge in [0, 0.05) is 5.56 Å². The summed E-state index contributed by atoms with van der Waals surface area (Å²) in [6, 6.07) is 8.58. The first kappa shape index (κ1) is 13.9. The van der Waals surface area contributed by atoms with Gasteiger partial charge in [0.1, 0.15) is 5.82 Å². The molecule has 0 atom stereocenters. The zero-order valence-corrected chi connectivity index (χ0v) is 11.0. The Labute approximate surface area is 115 Å². The van der Waals surface area contributed by atoms with Gasteiger partial charge in [0.2, 0.25) is 0 Å². The minimum absolute atomic E-state index is 0.0820. The topological polar surface area (TPSA) is 55.8 Å². The highest BCUT2D eigenvalue weighted by atomic mass is 19.1. The van der Waals surface area contributed by atoms with Gasteiger partial charge in [-0.15, -0.1) is 0 Å². The van der Waals surface area contributed by atoms with Crippen LogP contribution in [0.25, 0.3) is 11.1 Å². The number of hydrogen-bond acceptors (Lipinski definition) is 4. The van der Waals surface area contributed by atoms with E-state index in [4.69, 9.17) is 4.74 Å². The maximum absolute atomic E-state index is 14.0. The number of carbonyl (C=O) groups is 1. The number of phenolic OH excluding ortho intramolecular Hbond substituents is 1. The third kappa shape index (κ3) is 2.56. The molecule has 0 aliphatic carbocycles. The van der Waals surface area contributed by atoms with E-state index in [2.05, 4.69) is 4.74 Å². The number of benzene rings is 2. The number of aromatic hydroxyl groups is 1. The number of methoxy groups -OCH3 is 2. The van der Waals surface area contributed by atoms with Crippen molar-refractivity contribution < 1.29 is 23.8 Å². The molecule has 0 aromatic heterocycles. The lowest BCUT2D eigenvalue weighted by Crippen LogP contribution is -2.01. The molecule has 2 rings (SSSR count). The second kappa shape index (κ2) is 5.61. The molecule has 0 fully saturated rings. The molecule has 0 spiro atoms. The molecule has 2 aromatic carbocycles. The first-order valence-corrected chi connectivity index (χ1v) is 5.82. The van der Waals surface area contributed by atoms with E-state index in [0.717, 1.165) is 6.07 Å². The maximum Gasteiger partial charge on any atom is 0.337 e. The van der Waals surface area contributed by atoms with Gasteiger partial charge in [-0.2, -0.15) is 0 Å². The first-order chi connectivity index (χ1) is 9.56. The van der Waals surface area contributed by atoms with Crippen LogP contribution in [0.4, 0.5) is 4.39 Å². The van der Waals surface area contributed by atoms with Gasteiger partial charge < -0.3 is 14.6 Å². The standard InChI is InChI=1S/C15H13FO4/c1-19-14-6-4-9(8-13(14)17)11-5-3-10(7-12(11)16)15(18)20-2/h3-8,17H,1-2H3. The summed E-state index contributed by atoms with van der Waals surface area (Å²) in [5.41, 5.74) is 0.888. The lowest BCUT2D eigenvalue weighted by Gasteiger charge is -2.08.